The van der Waals surface area contributed by atoms with E-state index in [0.29, 0.717) is 35.5 Å². The number of methoxy groups -OCH3 is 2. The molecule has 12 heterocycles. The first-order valence-electron chi connectivity index (χ1n) is 42.2. The van der Waals surface area contributed by atoms with Gasteiger partial charge in [0.05, 0.1) is 86.4 Å². The molecule has 4 saturated heterocycles. The number of nitrogens with zero attached hydrogens (tertiary/aromatic N) is 14. The van der Waals surface area contributed by atoms with Gasteiger partial charge in [-0.3, -0.25) is 41.6 Å². The molecule has 0 saturated carbocycles. The maximum absolute atomic E-state index is 14.3. The topological polar surface area (TPSA) is 799 Å². The summed E-state index contributed by atoms with van der Waals surface area (Å²) in [5, 5.41) is 36.6. The molecule has 17 atom stereocenters. The second-order valence-corrected chi connectivity index (χ2v) is 35.5. The number of hydrogen-bond donors (Lipinski definition) is 10. The fraction of sp³-hybridized carbons (Fsp3) is 0.457. The molecule has 2 amide bonds. The fourth-order valence-corrected chi connectivity index (χ4v) is 17.0. The Morgan fingerprint density at radius 2 is 0.936 bits per heavy atom. The average molecular weight is 2040 g/mol. The molecule has 4 aliphatic heterocycles. The van der Waals surface area contributed by atoms with Crippen molar-refractivity contribution in [3.05, 3.63) is 166 Å². The van der Waals surface area contributed by atoms with Crippen molar-refractivity contribution in [3.8, 4) is 34.1 Å². The van der Waals surface area contributed by atoms with Crippen LogP contribution in [0.25, 0.3) is 45.0 Å². The number of anilines is 4. The zero-order chi connectivity index (χ0) is 101. The maximum atomic E-state index is 14.3. The minimum Gasteiger partial charge on any atom is -0.790 e. The van der Waals surface area contributed by atoms with Gasteiger partial charge in [-0.25, -0.2) is 59.0 Å². The lowest BCUT2D eigenvalue weighted by Gasteiger charge is -2.32. The summed E-state index contributed by atoms with van der Waals surface area (Å²) in [7, 11) is -19.2. The minimum absolute atomic E-state index is 0. The number of benzene rings is 2. The van der Waals surface area contributed by atoms with Gasteiger partial charge in [-0.15, -0.1) is 13.2 Å². The molecule has 0 aliphatic carbocycles. The van der Waals surface area contributed by atoms with Crippen molar-refractivity contribution in [1.82, 2.24) is 78.7 Å². The predicted octanol–water partition coefficient (Wildman–Crippen LogP) is 1.49. The van der Waals surface area contributed by atoms with Gasteiger partial charge in [-0.2, -0.15) is 9.97 Å². The van der Waals surface area contributed by atoms with Crippen LogP contribution in [0.15, 0.2) is 118 Å². The Morgan fingerprint density at radius 1 is 0.557 bits per heavy atom. The molecule has 0 spiro atoms. The second kappa shape index (κ2) is 48.0. The number of phosphoric ester groups is 4. The van der Waals surface area contributed by atoms with Gasteiger partial charge in [0.25, 0.3) is 23.5 Å². The number of hydrogen-bond acceptors (Lipinski definition) is 48. The van der Waals surface area contributed by atoms with Gasteiger partial charge in [0.1, 0.15) is 95.9 Å². The number of esters is 2. The monoisotopic (exact) mass is 2040 g/mol. The van der Waals surface area contributed by atoms with Gasteiger partial charge >= 0.3 is 23.3 Å². The molecule has 55 nitrogen and oxygen atoms in total. The highest BCUT2D eigenvalue weighted by molar-refractivity contribution is 7.46. The molecule has 10 aromatic rings. The zero-order valence-corrected chi connectivity index (χ0v) is 79.2. The molecular formula is C81H103N20O35P4-5. The lowest BCUT2D eigenvalue weighted by molar-refractivity contribution is -0.343. The molecule has 0 radical (unpaired) electrons. The summed E-state index contributed by atoms with van der Waals surface area (Å²) in [5.74, 6) is -2.94. The molecule has 14 rings (SSSR count). The van der Waals surface area contributed by atoms with E-state index in [9.17, 15) is 86.6 Å². The van der Waals surface area contributed by atoms with E-state index < -0.39 is 191 Å². The molecular weight excluding hydrogens is 1940 g/mol. The Labute approximate surface area is 795 Å². The number of nitrogens with one attached hydrogen (secondary N) is 2. The van der Waals surface area contributed by atoms with E-state index in [2.05, 4.69) is 82.7 Å². The van der Waals surface area contributed by atoms with Crippen molar-refractivity contribution in [2.45, 2.75) is 193 Å². The van der Waals surface area contributed by atoms with E-state index >= 15 is 0 Å². The van der Waals surface area contributed by atoms with E-state index in [-0.39, 0.29) is 121 Å². The number of oxazole rings is 2. The van der Waals surface area contributed by atoms with Crippen molar-refractivity contribution >= 4 is 101 Å². The lowest BCUT2D eigenvalue weighted by atomic mass is 10.0. The second-order valence-electron chi connectivity index (χ2n) is 30.4. The predicted molar refractivity (Wildman–Crippen MR) is 476 cm³/mol. The summed E-state index contributed by atoms with van der Waals surface area (Å²) in [6.07, 6.45) is -12.0. The molecule has 762 valence electrons. The highest BCUT2D eigenvalue weighted by Crippen LogP contribution is 2.50. The zero-order valence-electron chi connectivity index (χ0n) is 75.6. The number of ether oxygens (including phenoxy) is 8. The number of allylic oxidation sites excluding steroid dienone is 2. The van der Waals surface area contributed by atoms with E-state index in [1.165, 1.54) is 60.5 Å². The number of rotatable bonds is 38. The van der Waals surface area contributed by atoms with Crippen LogP contribution >= 0.6 is 31.3 Å². The molecule has 8 aromatic heterocycles. The first kappa shape index (κ1) is 110. The number of amides is 2. The highest BCUT2D eigenvalue weighted by atomic mass is 31.2. The molecule has 0 bridgehead atoms. The van der Waals surface area contributed by atoms with Crippen molar-refractivity contribution in [1.29, 1.82) is 0 Å². The smallest absolute Gasteiger partial charge is 0.361 e. The van der Waals surface area contributed by atoms with Crippen molar-refractivity contribution in [2.24, 2.45) is 0 Å². The van der Waals surface area contributed by atoms with Crippen LogP contribution in [-0.4, -0.2) is 220 Å². The number of aliphatic hydroxyl groups is 3. The largest absolute Gasteiger partial charge is 0.790 e. The summed E-state index contributed by atoms with van der Waals surface area (Å²) < 4.78 is 142. The molecule has 14 N–H and O–H groups in total. The number of aliphatic hydroxyl groups excluding tert-OH is 3. The fourth-order valence-electron chi connectivity index (χ4n) is 14.4. The Bertz CT molecular complexity index is 6030. The van der Waals surface area contributed by atoms with Gasteiger partial charge in [0, 0.05) is 55.8 Å². The summed E-state index contributed by atoms with van der Waals surface area (Å²) in [6.45, 7) is 15.9. The lowest BCUT2D eigenvalue weighted by Crippen LogP contribution is -2.39. The first-order chi connectivity index (χ1) is 65.9. The number of phosphoric acid groups is 4. The van der Waals surface area contributed by atoms with Crippen LogP contribution in [0.2, 0.25) is 0 Å². The van der Waals surface area contributed by atoms with Gasteiger partial charge in [-0.1, -0.05) is 33.4 Å². The number of imidazole rings is 2. The summed E-state index contributed by atoms with van der Waals surface area (Å²) in [6, 6.07) is 9.08. The Kier molecular flexibility index (Phi) is 37.7. The number of aromatic nitrogens is 14. The standard InChI is InChI=1S/2C38H46N10O17P2.C2H6O.C2H6.CH4/c2*1-5-6-7-26(49)41-13-27-46-29(32(63-27)20-10-18(2)19(3)21(11-20)58-4)37(51)64-33-24(62-36(31(33)50)48-17-44-30-34(40)42-16-43-35(30)48)15-60-67(56,57)65-22-12-28(47-9-8-25(39)45-38(47)52)61-23(22)14-59-66(53,54)55;1-2-3;1-2;/h2*5,8-11,16-17,22-24,28,31,33,36,50H,1,6-7,12-15H2,2-4H3,(H,41,49)(H,56,57)(H2,39,45,52)(H2,40,42,43)(H2,53,54,55);3H,2H2,1H3;1-2H3;1H4/p-5/t2*22?,23-,24-,28-,31+,33?,36-;;;/m11.../s1. The van der Waals surface area contributed by atoms with Crippen molar-refractivity contribution in [3.63, 3.8) is 0 Å². The molecule has 4 fully saturated rings. The molecule has 59 heteroatoms. The third kappa shape index (κ3) is 27.4. The SMILES string of the molecule is C.C=CCCC(=O)NCc1nc(C(=O)OC2[C@@H](COP(=O)([O-])OC3C[C@H](n4ccc(N)nc4=O)O[C@@H]3COP(=O)([O-])O)O[C@@H](n3cnc4c(N)ncnc43)[C@H]2O)c(-c2cc(C)c(C)c(OC)c2)o1.C=CCCC(=O)NCc1nc(C(=O)OC2[C@@H](COP(=O)([O-])OC3C[C@H](n4ccc(N)nc4=O)O[C@@H]3COP(=O)([O-])[O-])O[C@@H](n3cnc4c(N)ncnc43)[C@H]2O)c(-c2cc(C)c(C)c(OC)c2)o1.CC.CCO. The molecule has 2 aromatic carbocycles. The van der Waals surface area contributed by atoms with E-state index in [4.69, 9.17) is 92.9 Å². The van der Waals surface area contributed by atoms with Crippen LogP contribution in [0.1, 0.15) is 147 Å². The number of nitrogen functional groups attached to an aromatic ring is 4. The van der Waals surface area contributed by atoms with Gasteiger partial charge in [0.15, 0.2) is 70.5 Å². The van der Waals surface area contributed by atoms with E-state index in [1.807, 2.05) is 27.7 Å². The minimum atomic E-state index is -5.61. The van der Waals surface area contributed by atoms with Crippen LogP contribution in [0.3, 0.4) is 0 Å². The molecule has 7 unspecified atom stereocenters. The molecule has 140 heavy (non-hydrogen) atoms. The number of carbonyl (C=O) groups is 4. The van der Waals surface area contributed by atoms with Crippen molar-refractivity contribution < 1.29 is 156 Å². The van der Waals surface area contributed by atoms with Crippen molar-refractivity contribution in [2.75, 3.05) is 70.2 Å². The summed E-state index contributed by atoms with van der Waals surface area (Å²) in [5.41, 5.74) is 24.6. The van der Waals surface area contributed by atoms with E-state index in [0.717, 1.165) is 44.0 Å². The van der Waals surface area contributed by atoms with Crippen LogP contribution in [0.5, 0.6) is 11.5 Å². The van der Waals surface area contributed by atoms with Gasteiger partial charge < -0.3 is 157 Å². The molecule has 4 aliphatic rings. The number of fused-ring (bicyclic) bond motifs is 2. The van der Waals surface area contributed by atoms with E-state index in [1.54, 1.807) is 57.2 Å². The summed E-state index contributed by atoms with van der Waals surface area (Å²) in [4.78, 5) is 189. The Morgan fingerprint density at radius 3 is 1.29 bits per heavy atom. The highest BCUT2D eigenvalue weighted by Gasteiger charge is 2.52. The van der Waals surface area contributed by atoms with Crippen LogP contribution in [0.4, 0.5) is 23.3 Å². The Balaban J connectivity index is 0.000000274. The van der Waals surface area contributed by atoms with Gasteiger partial charge in [-0.05, 0) is 106 Å². The quantitative estimate of drug-likeness (QED) is 0.0149. The number of aryl methyl sites for hydroxylation is 2. The maximum Gasteiger partial charge on any atom is 0.361 e. The Hall–Kier alpha value is -12.0. The van der Waals surface area contributed by atoms with Gasteiger partial charge in [0.2, 0.25) is 23.6 Å². The third-order valence-electron chi connectivity index (χ3n) is 21.2. The average Bonchev–Trinajstić information content (AvgIpc) is 1.61. The third-order valence-corrected chi connectivity index (χ3v) is 24.1. The van der Waals surface area contributed by atoms with Crippen LogP contribution in [-0.2, 0) is 96.5 Å². The van der Waals surface area contributed by atoms with Crippen LogP contribution in [0, 0.1) is 27.7 Å². The first-order valence-corrected chi connectivity index (χ1v) is 48.0. The number of nitrogens with two attached hydrogens (primary N) is 4. The summed E-state index contributed by atoms with van der Waals surface area (Å²) >= 11 is 0. The number of carbonyl (C=O) groups excluding carboxylic acids is 4. The van der Waals surface area contributed by atoms with Crippen LogP contribution < -0.4 is 78.9 Å². The normalized spacial score (nSPS) is 22.2.